The normalized spacial score (nSPS) is 22.9. The van der Waals surface area contributed by atoms with E-state index < -0.39 is 60.2 Å². The van der Waals surface area contributed by atoms with Gasteiger partial charge >= 0.3 is 18.0 Å². The summed E-state index contributed by atoms with van der Waals surface area (Å²) in [5, 5.41) is 57.5. The van der Waals surface area contributed by atoms with Crippen LogP contribution in [0.2, 0.25) is 0 Å². The van der Waals surface area contributed by atoms with Gasteiger partial charge < -0.3 is 60.1 Å². The maximum Gasteiger partial charge on any atom is 0.411 e. The number of hydrogen-bond donors (Lipinski definition) is 8. The summed E-state index contributed by atoms with van der Waals surface area (Å²) in [7, 11) is 0. The Balaban J connectivity index is 1.11. The molecule has 2 amide bonds. The number of fused-ring (bicyclic) bond motifs is 5. The fraction of sp³-hybridized carbons (Fsp3) is 0.415. The Morgan fingerprint density at radius 2 is 1.80 bits per heavy atom. The van der Waals surface area contributed by atoms with Gasteiger partial charge in [0.1, 0.15) is 37.3 Å². The molecule has 318 valence electrons. The van der Waals surface area contributed by atoms with Crippen molar-refractivity contribution < 1.29 is 63.7 Å². The molecule has 3 unspecified atom stereocenters. The van der Waals surface area contributed by atoms with Gasteiger partial charge in [-0.2, -0.15) is 0 Å². The Morgan fingerprint density at radius 3 is 2.52 bits per heavy atom. The molecule has 7 rings (SSSR count). The summed E-state index contributed by atoms with van der Waals surface area (Å²) in [4.78, 5) is 68.6. The van der Waals surface area contributed by atoms with Gasteiger partial charge in [0.05, 0.1) is 34.7 Å². The van der Waals surface area contributed by atoms with Gasteiger partial charge in [-0.3, -0.25) is 14.9 Å². The molecule has 60 heavy (non-hydrogen) atoms. The van der Waals surface area contributed by atoms with Crippen LogP contribution in [0.4, 0.5) is 16.2 Å². The Bertz CT molecular complexity index is 2440. The van der Waals surface area contributed by atoms with Crippen LogP contribution in [0.3, 0.4) is 0 Å². The number of unbranched alkanes of at least 4 members (excludes halogenated alkanes) is 1. The molecule has 3 aliphatic rings. The molecule has 0 bridgehead atoms. The van der Waals surface area contributed by atoms with Crippen molar-refractivity contribution in [2.75, 3.05) is 17.2 Å². The van der Waals surface area contributed by atoms with E-state index in [1.807, 2.05) is 0 Å². The third-order valence-corrected chi connectivity index (χ3v) is 10.9. The number of cyclic esters (lactones) is 1. The van der Waals surface area contributed by atoms with Crippen LogP contribution in [0.5, 0.6) is 5.75 Å². The number of anilines is 2. The lowest BCUT2D eigenvalue weighted by Gasteiger charge is -2.38. The molecule has 0 spiro atoms. The first-order valence-electron chi connectivity index (χ1n) is 19.5. The number of aryl methyl sites for hydroxylation is 1. The number of ether oxygens (including phenoxy) is 4. The van der Waals surface area contributed by atoms with Crippen LogP contribution in [-0.4, -0.2) is 96.3 Å². The lowest BCUT2D eigenvalue weighted by molar-refractivity contribution is -0.271. The average molecular weight is 832 g/mol. The van der Waals surface area contributed by atoms with Crippen molar-refractivity contribution in [3.63, 3.8) is 0 Å². The summed E-state index contributed by atoms with van der Waals surface area (Å²) < 4.78 is 23.2. The number of benzene rings is 2. The third-order valence-electron chi connectivity index (χ3n) is 10.9. The van der Waals surface area contributed by atoms with Crippen LogP contribution >= 0.6 is 0 Å². The quantitative estimate of drug-likeness (QED) is 0.0784. The number of carboxylic acids is 1. The molecule has 19 nitrogen and oxygen atoms in total. The lowest BCUT2D eigenvalue weighted by Crippen LogP contribution is -2.61. The molecule has 4 aromatic rings. The molecule has 1 fully saturated rings. The number of aliphatic carboxylic acids is 1. The SMILES string of the molecule is CCCCc1c2c(nc3ccc(NC(=O)OCc4ccc(OC5OC(C(=O)O)[C@@H](O)C(O)[C@H]5O)c(NC(=O)CCN)c4)cc13)-c1cc3c(c(=O)n1C2)COC(=O)[C@]3(O)CC. The Labute approximate surface area is 341 Å². The first kappa shape index (κ1) is 42.2. The van der Waals surface area contributed by atoms with Gasteiger partial charge in [-0.1, -0.05) is 26.3 Å². The topological polar surface area (TPSA) is 291 Å². The van der Waals surface area contributed by atoms with Gasteiger partial charge in [0.15, 0.2) is 11.7 Å². The van der Waals surface area contributed by atoms with Crippen molar-refractivity contribution in [1.29, 1.82) is 0 Å². The Hall–Kier alpha value is -5.96. The maximum absolute atomic E-state index is 13.8. The second-order valence-corrected chi connectivity index (χ2v) is 14.8. The summed E-state index contributed by atoms with van der Waals surface area (Å²) >= 11 is 0. The molecule has 2 aromatic carbocycles. The zero-order valence-electron chi connectivity index (χ0n) is 32.7. The number of aromatic nitrogens is 2. The van der Waals surface area contributed by atoms with Gasteiger partial charge in [0, 0.05) is 35.2 Å². The summed E-state index contributed by atoms with van der Waals surface area (Å²) in [6.45, 7) is 3.42. The molecule has 0 aliphatic carbocycles. The van der Waals surface area contributed by atoms with Crippen molar-refractivity contribution in [3.05, 3.63) is 80.6 Å². The highest BCUT2D eigenvalue weighted by Gasteiger charge is 2.48. The fourth-order valence-electron chi connectivity index (χ4n) is 7.67. The molecule has 2 aromatic heterocycles. The van der Waals surface area contributed by atoms with Gasteiger partial charge in [-0.25, -0.2) is 19.4 Å². The zero-order chi connectivity index (χ0) is 43.0. The number of carbonyl (C=O) groups is 4. The predicted molar refractivity (Wildman–Crippen MR) is 211 cm³/mol. The number of hydrogen-bond acceptors (Lipinski definition) is 15. The van der Waals surface area contributed by atoms with E-state index in [9.17, 15) is 49.5 Å². The van der Waals surface area contributed by atoms with Gasteiger partial charge in [0.2, 0.25) is 12.2 Å². The highest BCUT2D eigenvalue weighted by atomic mass is 16.7. The predicted octanol–water partition coefficient (Wildman–Crippen LogP) is 1.73. The van der Waals surface area contributed by atoms with Crippen LogP contribution in [0.15, 0.2) is 47.3 Å². The van der Waals surface area contributed by atoms with Crippen molar-refractivity contribution >= 4 is 46.2 Å². The number of rotatable bonds is 13. The van der Waals surface area contributed by atoms with E-state index in [0.29, 0.717) is 34.6 Å². The lowest BCUT2D eigenvalue weighted by atomic mass is 9.86. The van der Waals surface area contributed by atoms with Crippen molar-refractivity contribution in [1.82, 2.24) is 9.55 Å². The molecule has 9 N–H and O–H groups in total. The minimum Gasteiger partial charge on any atom is -0.479 e. The van der Waals surface area contributed by atoms with E-state index in [1.165, 1.54) is 18.2 Å². The number of carbonyl (C=O) groups excluding carboxylic acids is 3. The van der Waals surface area contributed by atoms with Crippen LogP contribution in [0.25, 0.3) is 22.3 Å². The van der Waals surface area contributed by atoms with Crippen LogP contribution < -0.4 is 26.7 Å². The Morgan fingerprint density at radius 1 is 1.02 bits per heavy atom. The second kappa shape index (κ2) is 17.0. The third kappa shape index (κ3) is 7.78. The maximum atomic E-state index is 13.8. The first-order chi connectivity index (χ1) is 28.7. The molecule has 6 atom stereocenters. The second-order valence-electron chi connectivity index (χ2n) is 14.8. The number of nitrogens with zero attached hydrogens (tertiary/aromatic N) is 2. The first-order valence-corrected chi connectivity index (χ1v) is 19.5. The molecule has 1 saturated heterocycles. The zero-order valence-corrected chi connectivity index (χ0v) is 32.7. The monoisotopic (exact) mass is 831 g/mol. The highest BCUT2D eigenvalue weighted by molar-refractivity contribution is 5.94. The molecule has 3 aliphatic heterocycles. The average Bonchev–Trinajstić information content (AvgIpc) is 3.59. The van der Waals surface area contributed by atoms with Crippen LogP contribution in [-0.2, 0) is 60.4 Å². The molecular weight excluding hydrogens is 786 g/mol. The fourth-order valence-corrected chi connectivity index (χ4v) is 7.67. The number of aliphatic hydroxyl groups excluding tert-OH is 3. The number of aliphatic hydroxyl groups is 4. The molecule has 5 heterocycles. The summed E-state index contributed by atoms with van der Waals surface area (Å²) in [6, 6.07) is 11.1. The van der Waals surface area contributed by atoms with Gasteiger partial charge in [-0.15, -0.1) is 0 Å². The van der Waals surface area contributed by atoms with Crippen LogP contribution in [0.1, 0.15) is 67.3 Å². The molecular formula is C41H45N5O14. The van der Waals surface area contributed by atoms with Crippen molar-refractivity contribution in [3.8, 4) is 17.1 Å². The summed E-state index contributed by atoms with van der Waals surface area (Å²) in [6.07, 6.45) is -7.90. The number of esters is 1. The number of nitrogens with two attached hydrogens (primary N) is 1. The smallest absolute Gasteiger partial charge is 0.411 e. The number of pyridine rings is 2. The summed E-state index contributed by atoms with van der Waals surface area (Å²) in [5.41, 5.74) is 7.90. The summed E-state index contributed by atoms with van der Waals surface area (Å²) in [5.74, 6) is -3.01. The van der Waals surface area contributed by atoms with E-state index in [0.717, 1.165) is 29.4 Å². The Kier molecular flexibility index (Phi) is 11.9. The van der Waals surface area contributed by atoms with Crippen molar-refractivity contribution in [2.45, 2.75) is 102 Å². The minimum absolute atomic E-state index is 0.0197. The number of carboxylic acid groups (broad SMARTS) is 1. The van der Waals surface area contributed by atoms with Gasteiger partial charge in [-0.05, 0) is 66.8 Å². The van der Waals surface area contributed by atoms with Crippen LogP contribution in [0, 0.1) is 0 Å². The van der Waals surface area contributed by atoms with E-state index in [-0.39, 0.29) is 67.3 Å². The van der Waals surface area contributed by atoms with E-state index in [1.54, 1.807) is 35.8 Å². The molecule has 0 radical (unpaired) electrons. The minimum atomic E-state index is -1.95. The van der Waals surface area contributed by atoms with E-state index in [4.69, 9.17) is 29.7 Å². The highest BCUT2D eigenvalue weighted by Crippen LogP contribution is 2.41. The largest absolute Gasteiger partial charge is 0.479 e. The molecule has 0 saturated carbocycles. The number of amides is 2. The van der Waals surface area contributed by atoms with E-state index in [2.05, 4.69) is 17.6 Å². The van der Waals surface area contributed by atoms with Gasteiger partial charge in [0.25, 0.3) is 5.56 Å². The molecule has 19 heteroatoms. The van der Waals surface area contributed by atoms with Crippen molar-refractivity contribution in [2.24, 2.45) is 5.73 Å². The standard InChI is InChI=1S/C41H45N5O14/c1-3-5-6-21-22-14-20(8-9-26(22)45-31-23(21)16-46-28(31)15-25-24(36(46)51)18-57-39(54)41(25,56)4-2)43-40(55)58-17-19-7-10-29(27(13-19)44-30(47)11-12-42)59-38-34(50)32(48)33(49)35(60-38)37(52)53/h7-10,13-15,32-35,38,48-50,56H,3-6,11-12,16-18,42H2,1-2H3,(H,43,55)(H,44,47)(H,52,53)/t32?,33-,34+,35?,38?,41-/m0/s1. The number of nitrogens with one attached hydrogen (secondary N) is 2. The van der Waals surface area contributed by atoms with E-state index >= 15 is 0 Å².